The summed E-state index contributed by atoms with van der Waals surface area (Å²) in [5.74, 6) is 0.306. The molecule has 0 radical (unpaired) electrons. The van der Waals surface area contributed by atoms with E-state index in [9.17, 15) is 13.2 Å². The molecule has 0 saturated carbocycles. The number of sulfonamides is 1. The van der Waals surface area contributed by atoms with Crippen LogP contribution in [0, 0.1) is 6.92 Å². The predicted octanol–water partition coefficient (Wildman–Crippen LogP) is 2.99. The van der Waals surface area contributed by atoms with E-state index in [1.165, 1.54) is 0 Å². The van der Waals surface area contributed by atoms with Crippen LogP contribution in [0.3, 0.4) is 0 Å². The maximum Gasteiger partial charge on any atom is 0.235 e. The summed E-state index contributed by atoms with van der Waals surface area (Å²) in [5, 5.41) is 3.22. The van der Waals surface area contributed by atoms with E-state index >= 15 is 0 Å². The number of nitrogens with zero attached hydrogens (tertiary/aromatic N) is 1. The summed E-state index contributed by atoms with van der Waals surface area (Å²) in [6.45, 7) is 3.80. The molecule has 28 heavy (non-hydrogen) atoms. The number of carbonyl (C=O) groups is 1. The van der Waals surface area contributed by atoms with Gasteiger partial charge in [0.1, 0.15) is 12.4 Å². The molecule has 2 aromatic rings. The minimum absolute atomic E-state index is 0.0280. The van der Waals surface area contributed by atoms with Gasteiger partial charge in [-0.15, -0.1) is 0 Å². The van der Waals surface area contributed by atoms with Crippen molar-refractivity contribution < 1.29 is 17.9 Å². The summed E-state index contributed by atoms with van der Waals surface area (Å²) in [4.78, 5) is 12.3. The fourth-order valence-corrected chi connectivity index (χ4v) is 3.41. The number of ether oxygens (including phenoxy) is 1. The third-order valence-corrected chi connectivity index (χ3v) is 5.59. The van der Waals surface area contributed by atoms with Gasteiger partial charge in [0.2, 0.25) is 15.9 Å². The molecule has 0 aliphatic rings. The van der Waals surface area contributed by atoms with Crippen molar-refractivity contribution in [2.45, 2.75) is 26.4 Å². The molecule has 2 rings (SSSR count). The zero-order chi connectivity index (χ0) is 20.7. The van der Waals surface area contributed by atoms with Crippen molar-refractivity contribution >= 4 is 27.5 Å². The maximum absolute atomic E-state index is 12.3. The molecule has 1 amide bonds. The van der Waals surface area contributed by atoms with Crippen LogP contribution in [0.25, 0.3) is 0 Å². The minimum Gasteiger partial charge on any atom is -0.491 e. The Bertz CT molecular complexity index is 901. The van der Waals surface area contributed by atoms with E-state index in [1.807, 2.05) is 31.2 Å². The Balaban J connectivity index is 1.91. The van der Waals surface area contributed by atoms with Crippen molar-refractivity contribution in [1.29, 1.82) is 0 Å². The number of halogens is 1. The molecular formula is C20H25ClN2O4S. The van der Waals surface area contributed by atoms with Crippen LogP contribution in [0.4, 0.5) is 0 Å². The maximum atomic E-state index is 12.3. The second-order valence-electron chi connectivity index (χ2n) is 6.72. The highest BCUT2D eigenvalue weighted by molar-refractivity contribution is 7.88. The first-order chi connectivity index (χ1) is 13.1. The average molecular weight is 425 g/mol. The average Bonchev–Trinajstić information content (AvgIpc) is 2.61. The first-order valence-electron chi connectivity index (χ1n) is 8.82. The number of nitrogens with one attached hydrogen (secondary N) is 1. The minimum atomic E-state index is -3.59. The van der Waals surface area contributed by atoms with E-state index < -0.39 is 15.9 Å². The molecule has 0 aromatic heterocycles. The van der Waals surface area contributed by atoms with Crippen molar-refractivity contribution in [1.82, 2.24) is 9.62 Å². The largest absolute Gasteiger partial charge is 0.491 e. The smallest absolute Gasteiger partial charge is 0.235 e. The van der Waals surface area contributed by atoms with Crippen LogP contribution in [0.2, 0.25) is 5.02 Å². The molecule has 0 fully saturated rings. The van der Waals surface area contributed by atoms with Gasteiger partial charge in [0, 0.05) is 11.6 Å². The summed E-state index contributed by atoms with van der Waals surface area (Å²) >= 11 is 6.11. The van der Waals surface area contributed by atoms with E-state index in [0.717, 1.165) is 16.1 Å². The van der Waals surface area contributed by atoms with Crippen LogP contribution in [0.1, 0.15) is 18.1 Å². The van der Waals surface area contributed by atoms with Gasteiger partial charge in [-0.3, -0.25) is 4.79 Å². The van der Waals surface area contributed by atoms with Crippen LogP contribution in [0.15, 0.2) is 48.5 Å². The SMILES string of the molecule is Cc1ccc(OC[C@H](C)NC(=O)CN(Cc2ccccc2Cl)S(C)(=O)=O)cc1. The summed E-state index contributed by atoms with van der Waals surface area (Å²) in [5.41, 5.74) is 1.77. The first kappa shape index (κ1) is 22.2. The second kappa shape index (κ2) is 9.91. The fraction of sp³-hybridized carbons (Fsp3) is 0.350. The van der Waals surface area contributed by atoms with Gasteiger partial charge in [-0.25, -0.2) is 8.42 Å². The molecule has 0 saturated heterocycles. The van der Waals surface area contributed by atoms with Gasteiger partial charge in [-0.2, -0.15) is 4.31 Å². The lowest BCUT2D eigenvalue weighted by atomic mass is 10.2. The zero-order valence-electron chi connectivity index (χ0n) is 16.2. The van der Waals surface area contributed by atoms with E-state index in [-0.39, 0.29) is 25.7 Å². The Hall–Kier alpha value is -2.09. The topological polar surface area (TPSA) is 75.7 Å². The highest BCUT2D eigenvalue weighted by atomic mass is 35.5. The van der Waals surface area contributed by atoms with Crippen LogP contribution >= 0.6 is 11.6 Å². The van der Waals surface area contributed by atoms with Gasteiger partial charge >= 0.3 is 0 Å². The lowest BCUT2D eigenvalue weighted by Gasteiger charge is -2.22. The molecule has 0 heterocycles. The van der Waals surface area contributed by atoms with E-state index in [2.05, 4.69) is 5.32 Å². The molecule has 1 atom stereocenters. The zero-order valence-corrected chi connectivity index (χ0v) is 17.8. The molecule has 0 spiro atoms. The van der Waals surface area contributed by atoms with Crippen molar-refractivity contribution in [3.05, 3.63) is 64.7 Å². The monoisotopic (exact) mass is 424 g/mol. The predicted molar refractivity (Wildman–Crippen MR) is 111 cm³/mol. The Morgan fingerprint density at radius 1 is 1.18 bits per heavy atom. The van der Waals surface area contributed by atoms with Gasteiger partial charge in [0.05, 0.1) is 18.8 Å². The van der Waals surface area contributed by atoms with Gasteiger partial charge in [-0.1, -0.05) is 47.5 Å². The molecule has 8 heteroatoms. The summed E-state index contributed by atoms with van der Waals surface area (Å²) in [6.07, 6.45) is 1.07. The number of carbonyl (C=O) groups excluding carboxylic acids is 1. The quantitative estimate of drug-likeness (QED) is 0.671. The van der Waals surface area contributed by atoms with Crippen LogP contribution < -0.4 is 10.1 Å². The van der Waals surface area contributed by atoms with Crippen molar-refractivity contribution in [3.8, 4) is 5.75 Å². The van der Waals surface area contributed by atoms with Gasteiger partial charge < -0.3 is 10.1 Å². The number of benzene rings is 2. The van der Waals surface area contributed by atoms with Crippen LogP contribution in [-0.2, 0) is 21.4 Å². The van der Waals surface area contributed by atoms with E-state index in [4.69, 9.17) is 16.3 Å². The highest BCUT2D eigenvalue weighted by Gasteiger charge is 2.22. The van der Waals surface area contributed by atoms with Crippen LogP contribution in [0.5, 0.6) is 5.75 Å². The summed E-state index contributed by atoms with van der Waals surface area (Å²) < 4.78 is 30.9. The second-order valence-corrected chi connectivity index (χ2v) is 9.10. The molecule has 0 aliphatic carbocycles. The normalized spacial score (nSPS) is 12.6. The molecule has 152 valence electrons. The molecule has 0 bridgehead atoms. The Kier molecular flexibility index (Phi) is 7.86. The summed E-state index contributed by atoms with van der Waals surface area (Å²) in [6, 6.07) is 14.3. The summed E-state index contributed by atoms with van der Waals surface area (Å²) in [7, 11) is -3.59. The first-order valence-corrected chi connectivity index (χ1v) is 11.0. The lowest BCUT2D eigenvalue weighted by Crippen LogP contribution is -2.44. The van der Waals surface area contributed by atoms with Gasteiger partial charge in [-0.05, 0) is 37.6 Å². The molecule has 6 nitrogen and oxygen atoms in total. The molecule has 1 N–H and O–H groups in total. The molecular weight excluding hydrogens is 400 g/mol. The number of amides is 1. The van der Waals surface area contributed by atoms with Crippen LogP contribution in [-0.4, -0.2) is 44.1 Å². The van der Waals surface area contributed by atoms with Gasteiger partial charge in [0.15, 0.2) is 0 Å². The Labute approximate surface area is 171 Å². The number of hydrogen-bond acceptors (Lipinski definition) is 4. The van der Waals surface area contributed by atoms with Gasteiger partial charge in [0.25, 0.3) is 0 Å². The number of hydrogen-bond donors (Lipinski definition) is 1. The Morgan fingerprint density at radius 3 is 2.43 bits per heavy atom. The van der Waals surface area contributed by atoms with Crippen molar-refractivity contribution in [2.75, 3.05) is 19.4 Å². The fourth-order valence-electron chi connectivity index (χ4n) is 2.49. The van der Waals surface area contributed by atoms with E-state index in [1.54, 1.807) is 31.2 Å². The standard InChI is InChI=1S/C20H25ClN2O4S/c1-15-8-10-18(11-9-15)27-14-16(2)22-20(24)13-23(28(3,25)26)12-17-6-4-5-7-19(17)21/h4-11,16H,12-14H2,1-3H3,(H,22,24)/t16-/m0/s1. The number of rotatable bonds is 9. The van der Waals surface area contributed by atoms with E-state index in [0.29, 0.717) is 16.3 Å². The molecule has 2 aromatic carbocycles. The highest BCUT2D eigenvalue weighted by Crippen LogP contribution is 2.18. The van der Waals surface area contributed by atoms with Crippen molar-refractivity contribution in [2.24, 2.45) is 0 Å². The third-order valence-electron chi connectivity index (χ3n) is 4.02. The molecule has 0 unspecified atom stereocenters. The lowest BCUT2D eigenvalue weighted by molar-refractivity contribution is -0.122. The Morgan fingerprint density at radius 2 is 1.82 bits per heavy atom. The molecule has 0 aliphatic heterocycles. The number of aryl methyl sites for hydroxylation is 1. The third kappa shape index (κ3) is 7.14. The van der Waals surface area contributed by atoms with Crippen molar-refractivity contribution in [3.63, 3.8) is 0 Å².